The highest BCUT2D eigenvalue weighted by Gasteiger charge is 2.15. The van der Waals surface area contributed by atoms with Gasteiger partial charge in [0.1, 0.15) is 0 Å². The quantitative estimate of drug-likeness (QED) is 0.259. The highest BCUT2D eigenvalue weighted by Crippen LogP contribution is 2.37. The predicted molar refractivity (Wildman–Crippen MR) is 147 cm³/mol. The van der Waals surface area contributed by atoms with Crippen LogP contribution in [0, 0.1) is 6.92 Å². The Kier molecular flexibility index (Phi) is 4.79. The van der Waals surface area contributed by atoms with E-state index in [9.17, 15) is 0 Å². The summed E-state index contributed by atoms with van der Waals surface area (Å²) in [6.45, 7) is 8.87. The molecule has 3 aromatic heterocycles. The first-order valence-corrected chi connectivity index (χ1v) is 12.5. The van der Waals surface area contributed by atoms with Crippen molar-refractivity contribution in [3.8, 4) is 22.4 Å². The third-order valence-electron chi connectivity index (χ3n) is 6.60. The van der Waals surface area contributed by atoms with Crippen LogP contribution in [0.2, 0.25) is 0 Å². The molecule has 3 aromatic carbocycles. The molecule has 0 saturated heterocycles. The van der Waals surface area contributed by atoms with Gasteiger partial charge in [0.25, 0.3) is 0 Å². The molecule has 0 unspecified atom stereocenters. The van der Waals surface area contributed by atoms with Gasteiger partial charge in [0.2, 0.25) is 0 Å². The fourth-order valence-electron chi connectivity index (χ4n) is 4.68. The van der Waals surface area contributed by atoms with E-state index < -0.39 is 0 Å². The lowest BCUT2D eigenvalue weighted by Crippen LogP contribution is -2.10. The molecular weight excluding hydrogens is 432 g/mol. The maximum atomic E-state index is 4.79. The molecule has 0 spiro atoms. The summed E-state index contributed by atoms with van der Waals surface area (Å²) in [6.07, 6.45) is 3.87. The van der Waals surface area contributed by atoms with E-state index in [4.69, 9.17) is 9.97 Å². The van der Waals surface area contributed by atoms with Gasteiger partial charge < -0.3 is 0 Å². The molecular formula is C31H26N2S. The minimum Gasteiger partial charge on any atom is -0.256 e. The molecule has 0 radical (unpaired) electrons. The smallest absolute Gasteiger partial charge is 0.0887 e. The Morgan fingerprint density at radius 3 is 2.38 bits per heavy atom. The molecule has 0 amide bonds. The second-order valence-electron chi connectivity index (χ2n) is 10.1. The van der Waals surface area contributed by atoms with Gasteiger partial charge in [-0.25, -0.2) is 0 Å². The van der Waals surface area contributed by atoms with Gasteiger partial charge in [-0.3, -0.25) is 9.97 Å². The number of nitrogens with zero attached hydrogens (tertiary/aromatic N) is 2. The number of hydrogen-bond donors (Lipinski definition) is 0. The van der Waals surface area contributed by atoms with Crippen molar-refractivity contribution >= 4 is 43.1 Å². The second kappa shape index (κ2) is 7.75. The number of benzene rings is 3. The van der Waals surface area contributed by atoms with Crippen LogP contribution in [0.3, 0.4) is 0 Å². The van der Waals surface area contributed by atoms with Crippen molar-refractivity contribution in [1.82, 2.24) is 9.97 Å². The van der Waals surface area contributed by atoms with E-state index in [1.807, 2.05) is 12.4 Å². The molecule has 3 heterocycles. The van der Waals surface area contributed by atoms with Crippen LogP contribution in [0.1, 0.15) is 31.9 Å². The highest BCUT2D eigenvalue weighted by atomic mass is 32.1. The third kappa shape index (κ3) is 3.57. The molecule has 6 rings (SSSR count). The van der Waals surface area contributed by atoms with Crippen molar-refractivity contribution in [3.05, 3.63) is 95.6 Å². The van der Waals surface area contributed by atoms with Gasteiger partial charge in [0.05, 0.1) is 15.9 Å². The lowest BCUT2D eigenvalue weighted by Gasteiger charge is -2.19. The topological polar surface area (TPSA) is 25.8 Å². The van der Waals surface area contributed by atoms with Crippen molar-refractivity contribution in [2.75, 3.05) is 0 Å². The number of aryl methyl sites for hydroxylation is 1. The molecule has 166 valence electrons. The molecule has 0 N–H and O–H groups in total. The average Bonchev–Trinajstić information content (AvgIpc) is 3.31. The Bertz CT molecular complexity index is 1700. The van der Waals surface area contributed by atoms with Crippen molar-refractivity contribution in [1.29, 1.82) is 0 Å². The van der Waals surface area contributed by atoms with Crippen LogP contribution in [0.25, 0.3) is 54.1 Å². The predicted octanol–water partition coefficient (Wildman–Crippen LogP) is 8.94. The fourth-order valence-corrected chi connectivity index (χ4v) is 5.56. The fraction of sp³-hybridized carbons (Fsp3) is 0.161. The summed E-state index contributed by atoms with van der Waals surface area (Å²) in [7, 11) is 0. The van der Waals surface area contributed by atoms with Gasteiger partial charge in [-0.1, -0.05) is 51.1 Å². The van der Waals surface area contributed by atoms with Crippen molar-refractivity contribution in [2.45, 2.75) is 33.1 Å². The van der Waals surface area contributed by atoms with Gasteiger partial charge in [-0.15, -0.1) is 11.3 Å². The maximum absolute atomic E-state index is 4.79. The Hall–Kier alpha value is -3.56. The molecule has 0 saturated carbocycles. The van der Waals surface area contributed by atoms with Gasteiger partial charge in [0, 0.05) is 23.3 Å². The first-order chi connectivity index (χ1) is 16.4. The van der Waals surface area contributed by atoms with Crippen LogP contribution in [0.4, 0.5) is 0 Å². The van der Waals surface area contributed by atoms with Crippen molar-refractivity contribution in [2.24, 2.45) is 0 Å². The first kappa shape index (κ1) is 21.0. The van der Waals surface area contributed by atoms with E-state index in [-0.39, 0.29) is 5.41 Å². The summed E-state index contributed by atoms with van der Waals surface area (Å²) in [5.74, 6) is 0. The highest BCUT2D eigenvalue weighted by molar-refractivity contribution is 7.18. The van der Waals surface area contributed by atoms with E-state index in [0.717, 1.165) is 27.7 Å². The number of hydrogen-bond acceptors (Lipinski definition) is 3. The Balaban J connectivity index is 1.49. The number of aromatic nitrogens is 2. The molecule has 0 bridgehead atoms. The molecule has 0 atom stereocenters. The monoisotopic (exact) mass is 458 g/mol. The normalized spacial score (nSPS) is 12.1. The second-order valence-corrected chi connectivity index (χ2v) is 11.0. The number of pyridine rings is 2. The summed E-state index contributed by atoms with van der Waals surface area (Å²) in [5, 5.41) is 7.05. The Labute approximate surface area is 203 Å². The van der Waals surface area contributed by atoms with E-state index in [1.54, 1.807) is 11.3 Å². The maximum Gasteiger partial charge on any atom is 0.0887 e. The molecule has 0 aliphatic rings. The average molecular weight is 459 g/mol. The zero-order valence-corrected chi connectivity index (χ0v) is 20.7. The lowest BCUT2D eigenvalue weighted by atomic mass is 9.85. The number of fused-ring (bicyclic) bond motifs is 4. The van der Waals surface area contributed by atoms with Gasteiger partial charge in [-0.2, -0.15) is 0 Å². The molecule has 0 fully saturated rings. The molecule has 34 heavy (non-hydrogen) atoms. The number of rotatable bonds is 2. The zero-order valence-electron chi connectivity index (χ0n) is 19.9. The first-order valence-electron chi connectivity index (χ1n) is 11.6. The molecule has 0 aliphatic carbocycles. The summed E-state index contributed by atoms with van der Waals surface area (Å²) >= 11 is 1.75. The van der Waals surface area contributed by atoms with Crippen LogP contribution in [0.5, 0.6) is 0 Å². The summed E-state index contributed by atoms with van der Waals surface area (Å²) in [4.78, 5) is 9.57. The van der Waals surface area contributed by atoms with Crippen LogP contribution in [0.15, 0.2) is 84.5 Å². The third-order valence-corrected chi connectivity index (χ3v) is 7.54. The van der Waals surface area contributed by atoms with Crippen molar-refractivity contribution in [3.63, 3.8) is 0 Å². The Morgan fingerprint density at radius 1 is 0.735 bits per heavy atom. The van der Waals surface area contributed by atoms with E-state index in [2.05, 4.69) is 99.8 Å². The largest absolute Gasteiger partial charge is 0.256 e. The van der Waals surface area contributed by atoms with Crippen LogP contribution in [-0.4, -0.2) is 9.97 Å². The Morgan fingerprint density at radius 2 is 1.53 bits per heavy atom. The van der Waals surface area contributed by atoms with Crippen LogP contribution < -0.4 is 0 Å². The minimum absolute atomic E-state index is 0.145. The van der Waals surface area contributed by atoms with Gasteiger partial charge in [0.15, 0.2) is 0 Å². The van der Waals surface area contributed by atoms with Gasteiger partial charge >= 0.3 is 0 Å². The van der Waals surface area contributed by atoms with E-state index in [1.165, 1.54) is 37.5 Å². The minimum atomic E-state index is 0.145. The van der Waals surface area contributed by atoms with Crippen molar-refractivity contribution < 1.29 is 0 Å². The molecule has 0 aliphatic heterocycles. The molecule has 6 aromatic rings. The standard InChI is InChI=1S/C31H26N2S/c1-19-13-27-26(16-24-10-12-34-30(24)29(27)33-18-19)28-17-23(9-11-32-28)20-5-6-22-15-25(31(2,3)4)8-7-21(22)14-20/h5-18H,1-4H3. The van der Waals surface area contributed by atoms with Crippen LogP contribution >= 0.6 is 11.3 Å². The zero-order chi connectivity index (χ0) is 23.4. The molecule has 2 nitrogen and oxygen atoms in total. The summed E-state index contributed by atoms with van der Waals surface area (Å²) < 4.78 is 1.24. The van der Waals surface area contributed by atoms with Gasteiger partial charge in [-0.05, 0) is 92.5 Å². The SMILES string of the molecule is Cc1cnc2c(c1)c(-c1cc(-c3ccc4cc(C(C)(C)C)ccc4c3)ccn1)cc1ccsc12. The van der Waals surface area contributed by atoms with E-state index >= 15 is 0 Å². The van der Waals surface area contributed by atoms with Crippen LogP contribution in [-0.2, 0) is 5.41 Å². The summed E-state index contributed by atoms with van der Waals surface area (Å²) in [5.41, 5.74) is 8.21. The number of thiophene rings is 1. The summed E-state index contributed by atoms with van der Waals surface area (Å²) in [6, 6.07) is 24.5. The lowest BCUT2D eigenvalue weighted by molar-refractivity contribution is 0.591. The van der Waals surface area contributed by atoms with E-state index in [0.29, 0.717) is 0 Å². The molecule has 3 heteroatoms.